The van der Waals surface area contributed by atoms with E-state index in [1.807, 2.05) is 0 Å². The lowest BCUT2D eigenvalue weighted by Gasteiger charge is -2.31. The highest BCUT2D eigenvalue weighted by atomic mass is 35.5. The largest absolute Gasteiger partial charge is 0.384 e. The highest BCUT2D eigenvalue weighted by Gasteiger charge is 2.29. The van der Waals surface area contributed by atoms with Gasteiger partial charge in [0.15, 0.2) is 0 Å². The van der Waals surface area contributed by atoms with Crippen LogP contribution in [-0.2, 0) is 4.74 Å². The average Bonchev–Trinajstić information content (AvgIpc) is 2.54. The van der Waals surface area contributed by atoms with E-state index in [1.54, 1.807) is 18.2 Å². The molecule has 0 bridgehead atoms. The van der Waals surface area contributed by atoms with Gasteiger partial charge in [0.25, 0.3) is 6.43 Å². The fraction of sp³-hybridized carbons (Fsp3) is 0.357. The highest BCUT2D eigenvalue weighted by Crippen LogP contribution is 2.26. The Hall–Kier alpha value is -1.90. The van der Waals surface area contributed by atoms with Crippen molar-refractivity contribution < 1.29 is 13.5 Å². The zero-order valence-corrected chi connectivity index (χ0v) is 12.7. The van der Waals surface area contributed by atoms with Gasteiger partial charge in [0, 0.05) is 6.07 Å². The van der Waals surface area contributed by atoms with Crippen LogP contribution in [-0.4, -0.2) is 40.6 Å². The number of hydrogen-bond acceptors (Lipinski definition) is 6. The molecule has 3 heterocycles. The van der Waals surface area contributed by atoms with E-state index >= 15 is 0 Å². The maximum Gasteiger partial charge on any atom is 0.255 e. The van der Waals surface area contributed by atoms with Crippen molar-refractivity contribution in [1.29, 1.82) is 0 Å². The summed E-state index contributed by atoms with van der Waals surface area (Å²) in [7, 11) is 0. The summed E-state index contributed by atoms with van der Waals surface area (Å²) in [5, 5.41) is 3.10. The first-order chi connectivity index (χ1) is 11.0. The van der Waals surface area contributed by atoms with Gasteiger partial charge in [0.2, 0.25) is 0 Å². The zero-order valence-electron chi connectivity index (χ0n) is 11.9. The second kappa shape index (κ2) is 6.69. The van der Waals surface area contributed by atoms with E-state index in [0.717, 1.165) is 0 Å². The third-order valence-electron chi connectivity index (χ3n) is 3.47. The lowest BCUT2D eigenvalue weighted by molar-refractivity contribution is -0.0176. The first kappa shape index (κ1) is 16.0. The maximum atomic E-state index is 12.9. The summed E-state index contributed by atoms with van der Waals surface area (Å²) in [6.45, 7) is 0.247. The molecule has 0 aliphatic carbocycles. The monoisotopic (exact) mass is 341 g/mol. The summed E-state index contributed by atoms with van der Waals surface area (Å²) < 4.78 is 31.0. The number of nitrogens with two attached hydrogens (primary N) is 1. The molecule has 6 nitrogen and oxygen atoms in total. The first-order valence-electron chi connectivity index (χ1n) is 6.90. The van der Waals surface area contributed by atoms with Gasteiger partial charge in [-0.2, -0.15) is 0 Å². The quantitative estimate of drug-likeness (QED) is 0.831. The molecule has 0 radical (unpaired) electrons. The van der Waals surface area contributed by atoms with Crippen LogP contribution in [0.1, 0.15) is 11.6 Å². The predicted molar refractivity (Wildman–Crippen MR) is 81.2 cm³/mol. The number of halogens is 3. The van der Waals surface area contributed by atoms with Crippen molar-refractivity contribution in [3.8, 4) is 11.4 Å². The molecule has 0 saturated carbocycles. The van der Waals surface area contributed by atoms with Crippen LogP contribution in [0.2, 0.25) is 5.15 Å². The highest BCUT2D eigenvalue weighted by molar-refractivity contribution is 6.29. The van der Waals surface area contributed by atoms with Gasteiger partial charge in [-0.25, -0.2) is 23.7 Å². The number of morpholine rings is 1. The minimum atomic E-state index is -2.50. The number of aromatic nitrogens is 3. The van der Waals surface area contributed by atoms with E-state index in [0.29, 0.717) is 22.8 Å². The number of nitrogen functional groups attached to an aromatic ring is 1. The minimum Gasteiger partial charge on any atom is -0.384 e. The Morgan fingerprint density at radius 2 is 2.04 bits per heavy atom. The van der Waals surface area contributed by atoms with Gasteiger partial charge in [0.1, 0.15) is 17.3 Å². The van der Waals surface area contributed by atoms with E-state index in [-0.39, 0.29) is 18.4 Å². The van der Waals surface area contributed by atoms with Crippen LogP contribution in [0.15, 0.2) is 24.5 Å². The topological polar surface area (TPSA) is 86.0 Å². The molecule has 0 spiro atoms. The van der Waals surface area contributed by atoms with Crippen LogP contribution in [0, 0.1) is 0 Å². The SMILES string of the molecule is Nc1cc(-c2cc([C@@H]3COC[C@@H](C(F)F)N3)cc(Cl)n2)ncn1. The number of rotatable bonds is 3. The Morgan fingerprint density at radius 3 is 2.78 bits per heavy atom. The van der Waals surface area contributed by atoms with Crippen LogP contribution in [0.5, 0.6) is 0 Å². The summed E-state index contributed by atoms with van der Waals surface area (Å²) >= 11 is 6.06. The Morgan fingerprint density at radius 1 is 1.22 bits per heavy atom. The summed E-state index contributed by atoms with van der Waals surface area (Å²) in [5.74, 6) is 0.301. The molecule has 0 aromatic carbocycles. The Kier molecular flexibility index (Phi) is 4.65. The van der Waals surface area contributed by atoms with E-state index in [4.69, 9.17) is 22.1 Å². The maximum absolute atomic E-state index is 12.9. The van der Waals surface area contributed by atoms with Gasteiger partial charge in [-0.15, -0.1) is 0 Å². The molecule has 1 aliphatic rings. The Bertz CT molecular complexity index is 703. The Labute approximate surface area is 136 Å². The van der Waals surface area contributed by atoms with E-state index in [1.165, 1.54) is 6.33 Å². The lowest BCUT2D eigenvalue weighted by atomic mass is 10.0. The van der Waals surface area contributed by atoms with Crippen molar-refractivity contribution in [3.63, 3.8) is 0 Å². The van der Waals surface area contributed by atoms with E-state index in [9.17, 15) is 8.78 Å². The van der Waals surface area contributed by atoms with Gasteiger partial charge >= 0.3 is 0 Å². The number of alkyl halides is 2. The van der Waals surface area contributed by atoms with Gasteiger partial charge in [0.05, 0.1) is 36.7 Å². The van der Waals surface area contributed by atoms with Crippen LogP contribution in [0.3, 0.4) is 0 Å². The molecule has 1 saturated heterocycles. The molecule has 3 rings (SSSR count). The predicted octanol–water partition coefficient (Wildman–Crippen LogP) is 2.07. The van der Waals surface area contributed by atoms with Crippen LogP contribution in [0.4, 0.5) is 14.6 Å². The summed E-state index contributed by atoms with van der Waals surface area (Å²) in [6.07, 6.45) is -1.18. The fourth-order valence-electron chi connectivity index (χ4n) is 2.37. The zero-order chi connectivity index (χ0) is 16.4. The fourth-order valence-corrected chi connectivity index (χ4v) is 2.58. The Balaban J connectivity index is 1.91. The third kappa shape index (κ3) is 3.72. The van der Waals surface area contributed by atoms with Crippen molar-refractivity contribution in [2.45, 2.75) is 18.5 Å². The van der Waals surface area contributed by atoms with Gasteiger partial charge in [-0.3, -0.25) is 5.32 Å². The molecule has 1 fully saturated rings. The molecule has 1 aliphatic heterocycles. The number of ether oxygens (including phenoxy) is 1. The molecule has 0 amide bonds. The smallest absolute Gasteiger partial charge is 0.255 e. The number of anilines is 1. The van der Waals surface area contributed by atoms with Crippen LogP contribution >= 0.6 is 11.6 Å². The average molecular weight is 342 g/mol. The molecular formula is C14H14ClF2N5O. The van der Waals surface area contributed by atoms with Crippen molar-refractivity contribution in [1.82, 2.24) is 20.3 Å². The van der Waals surface area contributed by atoms with Gasteiger partial charge < -0.3 is 10.5 Å². The van der Waals surface area contributed by atoms with Crippen LogP contribution < -0.4 is 11.1 Å². The van der Waals surface area contributed by atoms with Crippen molar-refractivity contribution >= 4 is 17.4 Å². The van der Waals surface area contributed by atoms with Crippen molar-refractivity contribution in [3.05, 3.63) is 35.2 Å². The molecule has 2 aromatic rings. The third-order valence-corrected chi connectivity index (χ3v) is 3.66. The number of nitrogens with zero attached hydrogens (tertiary/aromatic N) is 3. The summed E-state index contributed by atoms with van der Waals surface area (Å²) in [6, 6.07) is 3.49. The molecule has 23 heavy (non-hydrogen) atoms. The lowest BCUT2D eigenvalue weighted by Crippen LogP contribution is -2.47. The minimum absolute atomic E-state index is 0.0255. The standard InChI is InChI=1S/C14H14ClF2N5O/c15-12-2-7(10-4-23-5-11(21-10)14(16)17)1-9(22-12)8-3-13(18)20-6-19-8/h1-3,6,10-11,14,21H,4-5H2,(H2,18,19,20)/t10-,11-/m0/s1. The van der Waals surface area contributed by atoms with Gasteiger partial charge in [-0.1, -0.05) is 11.6 Å². The number of hydrogen-bond donors (Lipinski definition) is 2. The molecule has 0 unspecified atom stereocenters. The molecule has 9 heteroatoms. The molecular weight excluding hydrogens is 328 g/mol. The number of pyridine rings is 1. The molecule has 3 N–H and O–H groups in total. The molecule has 2 atom stereocenters. The number of nitrogens with one attached hydrogen (secondary N) is 1. The second-order valence-corrected chi connectivity index (χ2v) is 5.52. The normalized spacial score (nSPS) is 21.6. The summed E-state index contributed by atoms with van der Waals surface area (Å²) in [4.78, 5) is 12.1. The van der Waals surface area contributed by atoms with E-state index < -0.39 is 18.5 Å². The van der Waals surface area contributed by atoms with Crippen LogP contribution in [0.25, 0.3) is 11.4 Å². The van der Waals surface area contributed by atoms with Crippen molar-refractivity contribution in [2.24, 2.45) is 0 Å². The van der Waals surface area contributed by atoms with Crippen molar-refractivity contribution in [2.75, 3.05) is 18.9 Å². The summed E-state index contributed by atoms with van der Waals surface area (Å²) in [5.41, 5.74) is 7.33. The second-order valence-electron chi connectivity index (χ2n) is 5.13. The van der Waals surface area contributed by atoms with E-state index in [2.05, 4.69) is 20.3 Å². The first-order valence-corrected chi connectivity index (χ1v) is 7.28. The van der Waals surface area contributed by atoms with Gasteiger partial charge in [-0.05, 0) is 17.7 Å². The molecule has 122 valence electrons. The molecule has 2 aromatic heterocycles.